The smallest absolute Gasteiger partial charge is 0.320 e. The van der Waals surface area contributed by atoms with E-state index in [9.17, 15) is 19.3 Å². The van der Waals surface area contributed by atoms with E-state index in [0.717, 1.165) is 57.2 Å². The van der Waals surface area contributed by atoms with Crippen molar-refractivity contribution in [3.63, 3.8) is 0 Å². The van der Waals surface area contributed by atoms with Gasteiger partial charge in [-0.2, -0.15) is 20.5 Å². The number of fused-ring (bicyclic) bond motifs is 4. The number of nitrogen functional groups attached to an aromatic ring is 1. The maximum atomic E-state index is 13.8. The van der Waals surface area contributed by atoms with Gasteiger partial charge >= 0.3 is 6.01 Å². The summed E-state index contributed by atoms with van der Waals surface area (Å²) >= 11 is 1.52. The quantitative estimate of drug-likeness (QED) is 0.485. The Morgan fingerprint density at radius 3 is 2.23 bits per heavy atom. The van der Waals surface area contributed by atoms with Crippen LogP contribution in [0, 0.1) is 28.1 Å². The van der Waals surface area contributed by atoms with Crippen LogP contribution in [0.2, 0.25) is 0 Å². The summed E-state index contributed by atoms with van der Waals surface area (Å²) in [5.41, 5.74) is 8.00. The Bertz CT molecular complexity index is 1520. The summed E-state index contributed by atoms with van der Waals surface area (Å²) in [4.78, 5) is 17.0. The second-order valence-corrected chi connectivity index (χ2v) is 14.7. The number of thiophene rings is 1. The van der Waals surface area contributed by atoms with Crippen LogP contribution in [0.25, 0.3) is 0 Å². The summed E-state index contributed by atoms with van der Waals surface area (Å²) in [5.74, 6) is 1.18. The summed E-state index contributed by atoms with van der Waals surface area (Å²) < 4.78 is 34.0. The van der Waals surface area contributed by atoms with Gasteiger partial charge in [0.2, 0.25) is 0 Å². The van der Waals surface area contributed by atoms with Crippen molar-refractivity contribution < 1.29 is 13.5 Å². The van der Waals surface area contributed by atoms with Gasteiger partial charge in [0.1, 0.15) is 35.0 Å². The highest BCUT2D eigenvalue weighted by molar-refractivity contribution is 7.16. The molecule has 2 aromatic rings. The Morgan fingerprint density at radius 2 is 1.60 bits per heavy atom. The van der Waals surface area contributed by atoms with E-state index in [2.05, 4.69) is 27.3 Å². The Morgan fingerprint density at radius 1 is 0.953 bits per heavy atom. The molecule has 2 bridgehead atoms. The predicted octanol–water partition coefficient (Wildman–Crippen LogP) is 2.66. The fourth-order valence-electron chi connectivity index (χ4n) is 8.13. The van der Waals surface area contributed by atoms with Crippen molar-refractivity contribution in [1.82, 2.24) is 20.2 Å². The number of anilines is 3. The van der Waals surface area contributed by atoms with Gasteiger partial charge in [-0.25, -0.2) is 8.78 Å². The molecule has 0 amide bonds. The first-order valence-electron chi connectivity index (χ1n) is 15.3. The van der Waals surface area contributed by atoms with Gasteiger partial charge in [0.25, 0.3) is 0 Å². The van der Waals surface area contributed by atoms with Crippen LogP contribution < -0.4 is 25.6 Å². The fourth-order valence-corrected chi connectivity index (χ4v) is 9.27. The third-order valence-corrected chi connectivity index (χ3v) is 11.6. The minimum Gasteiger partial charge on any atom is -0.463 e. The second kappa shape index (κ2) is 9.88. The van der Waals surface area contributed by atoms with Crippen LogP contribution in [0.5, 0.6) is 6.01 Å². The molecule has 6 aliphatic rings. The van der Waals surface area contributed by atoms with Crippen molar-refractivity contribution in [3.8, 4) is 18.1 Å². The van der Waals surface area contributed by atoms with Gasteiger partial charge in [0.15, 0.2) is 11.6 Å². The Balaban J connectivity index is 1.08. The summed E-state index contributed by atoms with van der Waals surface area (Å²) in [5, 5.41) is 24.5. The molecule has 0 radical (unpaired) electrons. The van der Waals surface area contributed by atoms with Crippen LogP contribution in [0.15, 0.2) is 0 Å². The molecule has 2 aromatic heterocycles. The number of likely N-dealkylation sites (tertiary alicyclic amines) is 1. The van der Waals surface area contributed by atoms with E-state index in [1.807, 2.05) is 4.90 Å². The lowest BCUT2D eigenvalue weighted by atomic mass is 9.74. The summed E-state index contributed by atoms with van der Waals surface area (Å²) in [6.45, 7) is 4.03. The largest absolute Gasteiger partial charge is 0.463 e. The molecule has 226 valence electrons. The number of hydrogen-bond donors (Lipinski definition) is 2. The number of piperazine rings is 1. The molecule has 0 aromatic carbocycles. The van der Waals surface area contributed by atoms with Crippen LogP contribution in [0.1, 0.15) is 53.7 Å². The standard InChI is InChI=1S/C30H35F2N9OS/c31-21-11-39(12-22(21)32)13-29(5-6-29)16-42-28-37-26(40-9-17-1-2-18(10-40)36-17)20(8-34)27(38-28)41-14-30(15-41)4-3-23-24(30)19(7-33)25(35)43-23/h17-18,21-22,36H,1-6,9-16,35H2. The van der Waals surface area contributed by atoms with E-state index >= 15 is 0 Å². The third-order valence-electron chi connectivity index (χ3n) is 10.5. The number of aryl methyl sites for hydroxylation is 1. The fraction of sp³-hybridized carbons (Fsp3) is 0.667. The Labute approximate surface area is 253 Å². The van der Waals surface area contributed by atoms with Crippen LogP contribution in [0.4, 0.5) is 25.4 Å². The molecule has 3 N–H and O–H groups in total. The van der Waals surface area contributed by atoms with Crippen molar-refractivity contribution in [3.05, 3.63) is 21.6 Å². The van der Waals surface area contributed by atoms with Gasteiger partial charge in [-0.15, -0.1) is 11.3 Å². The maximum absolute atomic E-state index is 13.8. The van der Waals surface area contributed by atoms with E-state index < -0.39 is 12.3 Å². The SMILES string of the molecule is N#Cc1c(N2CC3CCC(C2)N3)nc(OCC2(CN3CC(F)C(F)C3)CC2)nc1N1CC2(CCc3sc(N)c(C#N)c32)C1. The normalized spacial score (nSPS) is 29.8. The molecule has 4 aliphatic heterocycles. The number of nitrogens with two attached hydrogens (primary N) is 1. The van der Waals surface area contributed by atoms with E-state index in [-0.39, 0.29) is 29.9 Å². The molecule has 5 fully saturated rings. The monoisotopic (exact) mass is 607 g/mol. The molecule has 1 spiro atoms. The van der Waals surface area contributed by atoms with Crippen LogP contribution >= 0.6 is 11.3 Å². The zero-order valence-electron chi connectivity index (χ0n) is 24.0. The number of aromatic nitrogens is 2. The summed E-state index contributed by atoms with van der Waals surface area (Å²) in [7, 11) is 0. The average Bonchev–Trinajstić information content (AvgIpc) is 3.16. The topological polar surface area (TPSA) is 130 Å². The highest BCUT2D eigenvalue weighted by Gasteiger charge is 2.53. The van der Waals surface area contributed by atoms with E-state index in [1.165, 1.54) is 16.2 Å². The summed E-state index contributed by atoms with van der Waals surface area (Å²) in [6.07, 6.45) is 3.06. The first-order valence-corrected chi connectivity index (χ1v) is 16.1. The highest BCUT2D eigenvalue weighted by atomic mass is 32.1. The zero-order chi connectivity index (χ0) is 29.5. The third kappa shape index (κ3) is 4.50. The number of hydrogen-bond acceptors (Lipinski definition) is 11. The van der Waals surface area contributed by atoms with Gasteiger partial charge < -0.3 is 25.6 Å². The maximum Gasteiger partial charge on any atom is 0.320 e. The molecule has 4 saturated heterocycles. The molecule has 4 atom stereocenters. The lowest BCUT2D eigenvalue weighted by Gasteiger charge is -2.49. The molecular formula is C30H35F2N9OS. The average molecular weight is 608 g/mol. The first-order chi connectivity index (χ1) is 20.8. The van der Waals surface area contributed by atoms with Crippen LogP contribution in [-0.2, 0) is 11.8 Å². The van der Waals surface area contributed by atoms with Crippen LogP contribution in [-0.4, -0.2) is 91.7 Å². The number of nitriles is 2. The van der Waals surface area contributed by atoms with Crippen molar-refractivity contribution >= 4 is 28.0 Å². The van der Waals surface area contributed by atoms with Gasteiger partial charge in [-0.05, 0) is 44.1 Å². The van der Waals surface area contributed by atoms with Gasteiger partial charge in [-0.1, -0.05) is 0 Å². The zero-order valence-corrected chi connectivity index (χ0v) is 24.8. The predicted molar refractivity (Wildman–Crippen MR) is 158 cm³/mol. The summed E-state index contributed by atoms with van der Waals surface area (Å²) in [6, 6.07) is 5.71. The number of nitrogens with zero attached hydrogens (tertiary/aromatic N) is 7. The van der Waals surface area contributed by atoms with Crippen molar-refractivity contribution in [2.24, 2.45) is 5.41 Å². The van der Waals surface area contributed by atoms with Gasteiger partial charge in [0, 0.05) is 73.6 Å². The Kier molecular flexibility index (Phi) is 6.27. The van der Waals surface area contributed by atoms with Gasteiger partial charge in [-0.3, -0.25) is 4.90 Å². The lowest BCUT2D eigenvalue weighted by molar-refractivity contribution is 0.163. The van der Waals surface area contributed by atoms with E-state index in [1.54, 1.807) is 0 Å². The minimum absolute atomic E-state index is 0.123. The minimum atomic E-state index is -1.43. The van der Waals surface area contributed by atoms with E-state index in [0.29, 0.717) is 66.1 Å². The number of ether oxygens (including phenoxy) is 1. The molecule has 13 heteroatoms. The Hall–Kier alpha value is -3.26. The molecular weight excluding hydrogens is 572 g/mol. The van der Waals surface area contributed by atoms with E-state index in [4.69, 9.17) is 20.4 Å². The molecule has 43 heavy (non-hydrogen) atoms. The number of nitrogens with one attached hydrogen (secondary N) is 1. The van der Waals surface area contributed by atoms with Crippen LogP contribution in [0.3, 0.4) is 0 Å². The molecule has 1 saturated carbocycles. The number of halogens is 2. The van der Waals surface area contributed by atoms with Crippen molar-refractivity contribution in [2.75, 3.05) is 68.0 Å². The highest BCUT2D eigenvalue weighted by Crippen LogP contribution is 2.53. The molecule has 10 nitrogen and oxygen atoms in total. The number of alkyl halides is 2. The van der Waals surface area contributed by atoms with Gasteiger partial charge in [0.05, 0.1) is 12.2 Å². The van der Waals surface area contributed by atoms with Crippen molar-refractivity contribution in [1.29, 1.82) is 10.5 Å². The molecule has 4 unspecified atom stereocenters. The molecule has 6 heterocycles. The molecule has 8 rings (SSSR count). The lowest BCUT2D eigenvalue weighted by Crippen LogP contribution is -2.59. The first kappa shape index (κ1) is 27.3. The molecule has 2 aliphatic carbocycles. The second-order valence-electron chi connectivity index (χ2n) is 13.6. The number of rotatable bonds is 7. The van der Waals surface area contributed by atoms with Crippen molar-refractivity contribution in [2.45, 2.75) is 68.4 Å².